The number of nitrogens with two attached hydrogens (primary N) is 1. The van der Waals surface area contributed by atoms with Gasteiger partial charge in [0.05, 0.1) is 12.5 Å². The number of aliphatic hydroxyl groups excluding tert-OH is 1. The highest BCUT2D eigenvalue weighted by Crippen LogP contribution is 2.38. The summed E-state index contributed by atoms with van der Waals surface area (Å²) < 4.78 is 9.77. The molecule has 2 aliphatic rings. The molecule has 1 amide bonds. The van der Waals surface area contributed by atoms with Crippen molar-refractivity contribution in [2.24, 2.45) is 5.73 Å². The fraction of sp³-hybridized carbons (Fsp3) is 0.833. The molecule has 2 fully saturated rings. The van der Waals surface area contributed by atoms with Gasteiger partial charge in [0.1, 0.15) is 12.2 Å². The number of primary amides is 1. The van der Waals surface area contributed by atoms with Gasteiger partial charge in [-0.15, -0.1) is 0 Å². The second-order valence-electron chi connectivity index (χ2n) is 2.80. The van der Waals surface area contributed by atoms with Crippen LogP contribution in [0.25, 0.3) is 0 Å². The first kappa shape index (κ1) is 7.02. The summed E-state index contributed by atoms with van der Waals surface area (Å²) in [5.74, 6) is -0.382. The number of amides is 1. The zero-order chi connectivity index (χ0) is 8.01. The van der Waals surface area contributed by atoms with E-state index in [1.807, 2.05) is 0 Å². The predicted molar refractivity (Wildman–Crippen MR) is 33.4 cm³/mol. The Morgan fingerprint density at radius 2 is 2.09 bits per heavy atom. The second kappa shape index (κ2) is 2.17. The summed E-state index contributed by atoms with van der Waals surface area (Å²) in [5, 5.41) is 8.77. The summed E-state index contributed by atoms with van der Waals surface area (Å²) in [6.45, 7) is 0. The van der Waals surface area contributed by atoms with Crippen molar-refractivity contribution < 1.29 is 19.4 Å². The van der Waals surface area contributed by atoms with Crippen molar-refractivity contribution in [3.63, 3.8) is 0 Å². The Kier molecular flexibility index (Phi) is 1.38. The monoisotopic (exact) mass is 159 g/mol. The number of hydrogen-bond donors (Lipinski definition) is 2. The summed E-state index contributed by atoms with van der Waals surface area (Å²) in [6, 6.07) is 0. The van der Waals surface area contributed by atoms with Gasteiger partial charge in [-0.25, -0.2) is 0 Å². The molecule has 0 aromatic heterocycles. The SMILES string of the molecule is NC(=O)CC1OC1C1OC1O. The van der Waals surface area contributed by atoms with Crippen LogP contribution >= 0.6 is 0 Å². The van der Waals surface area contributed by atoms with Gasteiger partial charge in [0.25, 0.3) is 0 Å². The Labute approximate surface area is 63.1 Å². The standard InChI is InChI=1S/C6H9NO4/c7-3(8)1-2-4(10-2)5-6(9)11-5/h2,4-6,9H,1H2,(H2,7,8). The van der Waals surface area contributed by atoms with Gasteiger partial charge in [-0.3, -0.25) is 4.79 Å². The smallest absolute Gasteiger partial charge is 0.220 e. The van der Waals surface area contributed by atoms with Gasteiger partial charge < -0.3 is 20.3 Å². The van der Waals surface area contributed by atoms with Crippen LogP contribution in [-0.2, 0) is 14.3 Å². The number of epoxide rings is 2. The lowest BCUT2D eigenvalue weighted by atomic mass is 10.2. The predicted octanol–water partition coefficient (Wildman–Crippen LogP) is -1.65. The highest BCUT2D eigenvalue weighted by atomic mass is 16.7. The van der Waals surface area contributed by atoms with Crippen molar-refractivity contribution in [2.45, 2.75) is 31.0 Å². The van der Waals surface area contributed by atoms with E-state index in [0.29, 0.717) is 0 Å². The number of rotatable bonds is 3. The molecule has 2 heterocycles. The van der Waals surface area contributed by atoms with Crippen LogP contribution in [0.4, 0.5) is 0 Å². The van der Waals surface area contributed by atoms with Gasteiger partial charge >= 0.3 is 0 Å². The molecule has 5 nitrogen and oxygen atoms in total. The zero-order valence-electron chi connectivity index (χ0n) is 5.77. The molecule has 0 spiro atoms. The van der Waals surface area contributed by atoms with Crippen molar-refractivity contribution in [3.8, 4) is 0 Å². The van der Waals surface area contributed by atoms with Crippen LogP contribution in [0.3, 0.4) is 0 Å². The Morgan fingerprint density at radius 3 is 2.55 bits per heavy atom. The number of carbonyl (C=O) groups is 1. The van der Waals surface area contributed by atoms with Crippen LogP contribution in [0.5, 0.6) is 0 Å². The molecule has 5 heteroatoms. The van der Waals surface area contributed by atoms with E-state index in [0.717, 1.165) is 0 Å². The van der Waals surface area contributed by atoms with Crippen LogP contribution in [-0.4, -0.2) is 35.6 Å². The molecular weight excluding hydrogens is 150 g/mol. The summed E-state index contributed by atoms with van der Waals surface area (Å²) in [7, 11) is 0. The van der Waals surface area contributed by atoms with E-state index in [2.05, 4.69) is 0 Å². The van der Waals surface area contributed by atoms with E-state index < -0.39 is 6.29 Å². The van der Waals surface area contributed by atoms with Crippen LogP contribution in [0.1, 0.15) is 6.42 Å². The fourth-order valence-corrected chi connectivity index (χ4v) is 1.16. The maximum absolute atomic E-state index is 10.4. The molecule has 62 valence electrons. The molecule has 2 saturated heterocycles. The Balaban J connectivity index is 1.74. The van der Waals surface area contributed by atoms with Crippen molar-refractivity contribution >= 4 is 5.91 Å². The molecule has 0 aromatic rings. The molecule has 3 N–H and O–H groups in total. The van der Waals surface area contributed by atoms with E-state index >= 15 is 0 Å². The lowest BCUT2D eigenvalue weighted by molar-refractivity contribution is -0.118. The van der Waals surface area contributed by atoms with Crippen LogP contribution in [0.15, 0.2) is 0 Å². The Morgan fingerprint density at radius 1 is 1.45 bits per heavy atom. The first-order valence-corrected chi connectivity index (χ1v) is 3.46. The molecule has 0 aromatic carbocycles. The van der Waals surface area contributed by atoms with Gasteiger partial charge in [0.15, 0.2) is 6.29 Å². The molecule has 0 aliphatic carbocycles. The molecule has 0 bridgehead atoms. The van der Waals surface area contributed by atoms with E-state index in [1.54, 1.807) is 0 Å². The first-order chi connectivity index (χ1) is 5.18. The third-order valence-electron chi connectivity index (χ3n) is 1.85. The highest BCUT2D eigenvalue weighted by Gasteiger charge is 2.57. The third kappa shape index (κ3) is 1.35. The second-order valence-corrected chi connectivity index (χ2v) is 2.80. The minimum atomic E-state index is -0.696. The minimum Gasteiger partial charge on any atom is -0.370 e. The lowest BCUT2D eigenvalue weighted by Gasteiger charge is -1.85. The molecule has 2 rings (SSSR count). The van der Waals surface area contributed by atoms with Crippen LogP contribution < -0.4 is 5.73 Å². The van der Waals surface area contributed by atoms with Crippen LogP contribution in [0, 0.1) is 0 Å². The molecule has 2 aliphatic heterocycles. The van der Waals surface area contributed by atoms with Crippen molar-refractivity contribution in [2.75, 3.05) is 0 Å². The van der Waals surface area contributed by atoms with Gasteiger partial charge in [0, 0.05) is 0 Å². The Hall–Kier alpha value is -0.650. The van der Waals surface area contributed by atoms with Gasteiger partial charge in [-0.1, -0.05) is 0 Å². The summed E-state index contributed by atoms with van der Waals surface area (Å²) in [6.07, 6.45) is -0.943. The molecule has 0 saturated carbocycles. The van der Waals surface area contributed by atoms with Gasteiger partial charge in [-0.05, 0) is 0 Å². The average Bonchev–Trinajstić information content (AvgIpc) is 2.68. The molecule has 4 atom stereocenters. The summed E-state index contributed by atoms with van der Waals surface area (Å²) >= 11 is 0. The van der Waals surface area contributed by atoms with Gasteiger partial charge in [0.2, 0.25) is 5.91 Å². The molecule has 11 heavy (non-hydrogen) atoms. The minimum absolute atomic E-state index is 0.113. The van der Waals surface area contributed by atoms with Crippen molar-refractivity contribution in [3.05, 3.63) is 0 Å². The molecular formula is C6H9NO4. The van der Waals surface area contributed by atoms with E-state index in [9.17, 15) is 4.79 Å². The molecule has 4 unspecified atom stereocenters. The molecule has 0 radical (unpaired) electrons. The average molecular weight is 159 g/mol. The van der Waals surface area contributed by atoms with Crippen LogP contribution in [0.2, 0.25) is 0 Å². The largest absolute Gasteiger partial charge is 0.370 e. The lowest BCUT2D eigenvalue weighted by Crippen LogP contribution is -2.15. The Bertz CT molecular complexity index is 195. The quantitative estimate of drug-likeness (QED) is 0.483. The van der Waals surface area contributed by atoms with E-state index in [1.165, 1.54) is 0 Å². The van der Waals surface area contributed by atoms with E-state index in [-0.39, 0.29) is 30.6 Å². The highest BCUT2D eigenvalue weighted by molar-refractivity contribution is 5.74. The van der Waals surface area contributed by atoms with Crippen molar-refractivity contribution in [1.82, 2.24) is 0 Å². The van der Waals surface area contributed by atoms with Gasteiger partial charge in [-0.2, -0.15) is 0 Å². The topological polar surface area (TPSA) is 88.4 Å². The number of carbonyl (C=O) groups excluding carboxylic acids is 1. The van der Waals surface area contributed by atoms with Crippen molar-refractivity contribution in [1.29, 1.82) is 0 Å². The maximum Gasteiger partial charge on any atom is 0.220 e. The number of hydrogen-bond acceptors (Lipinski definition) is 4. The number of ether oxygens (including phenoxy) is 2. The third-order valence-corrected chi connectivity index (χ3v) is 1.85. The summed E-state index contributed by atoms with van der Waals surface area (Å²) in [5.41, 5.74) is 4.93. The number of aliphatic hydroxyl groups is 1. The maximum atomic E-state index is 10.4. The normalized spacial score (nSPS) is 47.0. The summed E-state index contributed by atoms with van der Waals surface area (Å²) in [4.78, 5) is 10.4. The first-order valence-electron chi connectivity index (χ1n) is 3.46. The fourth-order valence-electron chi connectivity index (χ4n) is 1.16. The van der Waals surface area contributed by atoms with E-state index in [4.69, 9.17) is 20.3 Å². The zero-order valence-corrected chi connectivity index (χ0v) is 5.77.